The second kappa shape index (κ2) is 6.96. The lowest BCUT2D eigenvalue weighted by molar-refractivity contribution is 0.0730. The molecule has 1 aliphatic heterocycles. The fourth-order valence-corrected chi connectivity index (χ4v) is 3.45. The van der Waals surface area contributed by atoms with Gasteiger partial charge in [0.2, 0.25) is 0 Å². The average molecular weight is 341 g/mol. The van der Waals surface area contributed by atoms with E-state index >= 15 is 0 Å². The minimum Gasteiger partial charge on any atom is -0.334 e. The Morgan fingerprint density at radius 3 is 2.08 bits per heavy atom. The lowest BCUT2D eigenvalue weighted by Crippen LogP contribution is -2.36. The van der Waals surface area contributed by atoms with Crippen LogP contribution in [-0.4, -0.2) is 23.1 Å². The highest BCUT2D eigenvalue weighted by molar-refractivity contribution is 6.15. The summed E-state index contributed by atoms with van der Waals surface area (Å²) in [5.41, 5.74) is 4.00. The van der Waals surface area contributed by atoms with Crippen molar-refractivity contribution in [3.63, 3.8) is 0 Å². The second-order valence-corrected chi connectivity index (χ2v) is 6.49. The summed E-state index contributed by atoms with van der Waals surface area (Å²) in [4.78, 5) is 27.9. The topological polar surface area (TPSA) is 37.4 Å². The first-order valence-corrected chi connectivity index (χ1v) is 8.79. The first-order valence-electron chi connectivity index (χ1n) is 8.79. The molecule has 1 aliphatic rings. The fourth-order valence-electron chi connectivity index (χ4n) is 3.45. The van der Waals surface area contributed by atoms with Gasteiger partial charge in [-0.15, -0.1) is 0 Å². The van der Waals surface area contributed by atoms with Crippen LogP contribution in [0.15, 0.2) is 78.9 Å². The summed E-state index contributed by atoms with van der Waals surface area (Å²) < 4.78 is 0. The molecule has 1 heterocycles. The van der Waals surface area contributed by atoms with Gasteiger partial charge in [0.25, 0.3) is 5.91 Å². The number of hydrogen-bond acceptors (Lipinski definition) is 2. The van der Waals surface area contributed by atoms with Crippen molar-refractivity contribution >= 4 is 11.7 Å². The third-order valence-electron chi connectivity index (χ3n) is 4.86. The Morgan fingerprint density at radius 1 is 0.692 bits per heavy atom. The molecular formula is C23H19NO2. The van der Waals surface area contributed by atoms with Gasteiger partial charge in [-0.2, -0.15) is 0 Å². The molecule has 3 aromatic rings. The van der Waals surface area contributed by atoms with Crippen molar-refractivity contribution in [2.24, 2.45) is 0 Å². The maximum Gasteiger partial charge on any atom is 0.254 e. The van der Waals surface area contributed by atoms with Gasteiger partial charge in [-0.1, -0.05) is 72.8 Å². The largest absolute Gasteiger partial charge is 0.334 e. The number of nitrogens with zero attached hydrogens (tertiary/aromatic N) is 1. The Labute approximate surface area is 152 Å². The van der Waals surface area contributed by atoms with Crippen molar-refractivity contribution in [2.75, 3.05) is 6.54 Å². The highest BCUT2D eigenvalue weighted by Gasteiger charge is 2.25. The number of benzene rings is 3. The summed E-state index contributed by atoms with van der Waals surface area (Å²) in [6, 6.07) is 24.4. The minimum atomic E-state index is -0.119. The van der Waals surface area contributed by atoms with Gasteiger partial charge >= 0.3 is 0 Å². The predicted octanol–water partition coefficient (Wildman–Crippen LogP) is 4.12. The molecule has 0 N–H and O–H groups in total. The molecule has 0 radical (unpaired) electrons. The number of fused-ring (bicyclic) bond motifs is 1. The van der Waals surface area contributed by atoms with E-state index in [2.05, 4.69) is 12.1 Å². The molecule has 0 aliphatic carbocycles. The number of amides is 1. The van der Waals surface area contributed by atoms with E-state index < -0.39 is 0 Å². The summed E-state index contributed by atoms with van der Waals surface area (Å²) in [5, 5.41) is 0. The van der Waals surface area contributed by atoms with Crippen molar-refractivity contribution in [1.82, 2.24) is 4.90 Å². The zero-order chi connectivity index (χ0) is 17.9. The molecule has 1 amide bonds. The van der Waals surface area contributed by atoms with Crippen LogP contribution in [-0.2, 0) is 13.0 Å². The molecule has 0 aromatic heterocycles. The molecule has 128 valence electrons. The molecule has 3 nitrogen and oxygen atoms in total. The molecule has 26 heavy (non-hydrogen) atoms. The smallest absolute Gasteiger partial charge is 0.254 e. The van der Waals surface area contributed by atoms with Crippen LogP contribution >= 0.6 is 0 Å². The van der Waals surface area contributed by atoms with E-state index in [0.29, 0.717) is 29.8 Å². The Kier molecular flexibility index (Phi) is 4.36. The number of carbonyl (C=O) groups excluding carboxylic acids is 2. The summed E-state index contributed by atoms with van der Waals surface area (Å²) in [7, 11) is 0. The number of rotatable bonds is 3. The molecule has 4 rings (SSSR count). The third-order valence-corrected chi connectivity index (χ3v) is 4.86. The van der Waals surface area contributed by atoms with Crippen molar-refractivity contribution in [3.8, 4) is 0 Å². The van der Waals surface area contributed by atoms with Crippen LogP contribution in [0.25, 0.3) is 0 Å². The van der Waals surface area contributed by atoms with Crippen molar-refractivity contribution < 1.29 is 9.59 Å². The van der Waals surface area contributed by atoms with E-state index in [0.717, 1.165) is 6.42 Å². The number of hydrogen-bond donors (Lipinski definition) is 0. The van der Waals surface area contributed by atoms with Crippen LogP contribution in [0.5, 0.6) is 0 Å². The quantitative estimate of drug-likeness (QED) is 0.672. The maximum absolute atomic E-state index is 13.1. The molecule has 0 spiro atoms. The van der Waals surface area contributed by atoms with Crippen LogP contribution in [0.3, 0.4) is 0 Å². The predicted molar refractivity (Wildman–Crippen MR) is 101 cm³/mol. The SMILES string of the molecule is O=C(c1ccccc1)c1ccccc1C(=O)N1CCc2ccccc2C1. The van der Waals surface area contributed by atoms with Gasteiger partial charge in [-0.3, -0.25) is 9.59 Å². The number of carbonyl (C=O) groups is 2. The summed E-state index contributed by atoms with van der Waals surface area (Å²) in [6.45, 7) is 1.26. The van der Waals surface area contributed by atoms with Gasteiger partial charge in [0, 0.05) is 24.2 Å². The zero-order valence-corrected chi connectivity index (χ0v) is 14.4. The molecule has 0 unspecified atom stereocenters. The van der Waals surface area contributed by atoms with Gasteiger partial charge in [0.05, 0.1) is 5.56 Å². The second-order valence-electron chi connectivity index (χ2n) is 6.49. The van der Waals surface area contributed by atoms with E-state index in [1.54, 1.807) is 30.3 Å². The summed E-state index contributed by atoms with van der Waals surface area (Å²) >= 11 is 0. The zero-order valence-electron chi connectivity index (χ0n) is 14.4. The lowest BCUT2D eigenvalue weighted by Gasteiger charge is -2.29. The molecule has 0 atom stereocenters. The van der Waals surface area contributed by atoms with Crippen LogP contribution in [0.1, 0.15) is 37.4 Å². The minimum absolute atomic E-state index is 0.0839. The first kappa shape index (κ1) is 16.3. The Morgan fingerprint density at radius 2 is 1.31 bits per heavy atom. The number of ketones is 1. The first-order chi connectivity index (χ1) is 12.7. The van der Waals surface area contributed by atoms with Gasteiger partial charge < -0.3 is 4.90 Å². The van der Waals surface area contributed by atoms with Crippen LogP contribution in [0, 0.1) is 0 Å². The standard InChI is InChI=1S/C23H19NO2/c25-22(18-9-2-1-3-10-18)20-12-6-7-13-21(20)23(26)24-15-14-17-8-4-5-11-19(17)16-24/h1-13H,14-16H2. The molecule has 0 fully saturated rings. The van der Waals surface area contributed by atoms with Crippen LogP contribution in [0.2, 0.25) is 0 Å². The monoisotopic (exact) mass is 341 g/mol. The maximum atomic E-state index is 13.1. The van der Waals surface area contributed by atoms with E-state index in [9.17, 15) is 9.59 Å². The van der Waals surface area contributed by atoms with Gasteiger partial charge in [0.1, 0.15) is 0 Å². The van der Waals surface area contributed by atoms with Gasteiger partial charge in [0.15, 0.2) is 5.78 Å². The molecule has 3 aromatic carbocycles. The van der Waals surface area contributed by atoms with Crippen LogP contribution in [0.4, 0.5) is 0 Å². The van der Waals surface area contributed by atoms with Crippen molar-refractivity contribution in [3.05, 3.63) is 107 Å². The molecular weight excluding hydrogens is 322 g/mol. The Hall–Kier alpha value is -3.20. The fraction of sp³-hybridized carbons (Fsp3) is 0.130. The Bertz CT molecular complexity index is 963. The molecule has 0 bridgehead atoms. The normalized spacial score (nSPS) is 13.2. The van der Waals surface area contributed by atoms with E-state index in [1.807, 2.05) is 41.3 Å². The highest BCUT2D eigenvalue weighted by atomic mass is 16.2. The summed E-state index contributed by atoms with van der Waals surface area (Å²) in [6.07, 6.45) is 0.844. The molecule has 0 saturated heterocycles. The Balaban J connectivity index is 1.65. The van der Waals surface area contributed by atoms with Gasteiger partial charge in [-0.25, -0.2) is 0 Å². The van der Waals surface area contributed by atoms with Crippen molar-refractivity contribution in [1.29, 1.82) is 0 Å². The summed E-state index contributed by atoms with van der Waals surface area (Å²) in [5.74, 6) is -0.202. The van der Waals surface area contributed by atoms with Gasteiger partial charge in [-0.05, 0) is 23.6 Å². The van der Waals surface area contributed by atoms with Crippen LogP contribution < -0.4 is 0 Å². The highest BCUT2D eigenvalue weighted by Crippen LogP contribution is 2.22. The molecule has 0 saturated carbocycles. The van der Waals surface area contributed by atoms with Crippen molar-refractivity contribution in [2.45, 2.75) is 13.0 Å². The van der Waals surface area contributed by atoms with E-state index in [4.69, 9.17) is 0 Å². The lowest BCUT2D eigenvalue weighted by atomic mass is 9.95. The molecule has 3 heteroatoms. The third kappa shape index (κ3) is 3.04. The van der Waals surface area contributed by atoms with E-state index in [-0.39, 0.29) is 11.7 Å². The van der Waals surface area contributed by atoms with E-state index in [1.165, 1.54) is 11.1 Å². The average Bonchev–Trinajstić information content (AvgIpc) is 2.73.